The van der Waals surface area contributed by atoms with Crippen molar-refractivity contribution in [2.45, 2.75) is 12.5 Å². The van der Waals surface area contributed by atoms with Crippen LogP contribution >= 0.6 is 0 Å². The number of nitrogens with one attached hydrogen (secondary N) is 1. The summed E-state index contributed by atoms with van der Waals surface area (Å²) < 4.78 is 22.6. The van der Waals surface area contributed by atoms with Crippen LogP contribution in [0.5, 0.6) is 0 Å². The monoisotopic (exact) mass is 329 g/mol. The average molecular weight is 329 g/mol. The van der Waals surface area contributed by atoms with Crippen LogP contribution in [-0.2, 0) is 9.84 Å². The Kier molecular flexibility index (Phi) is 4.08. The molecule has 0 unspecified atom stereocenters. The van der Waals surface area contributed by atoms with Crippen LogP contribution in [0.4, 0.5) is 11.4 Å². The minimum absolute atomic E-state index is 0.0486. The number of nitro groups is 2. The molecule has 0 saturated carbocycles. The van der Waals surface area contributed by atoms with Crippen LogP contribution in [0.3, 0.4) is 0 Å². The van der Waals surface area contributed by atoms with Crippen LogP contribution in [0.1, 0.15) is 16.8 Å². The fraction of sp³-hybridized carbons (Fsp3) is 0.364. The van der Waals surface area contributed by atoms with Gasteiger partial charge in [0, 0.05) is 18.2 Å². The summed E-state index contributed by atoms with van der Waals surface area (Å²) in [6.45, 7) is 0. The molecule has 1 fully saturated rings. The molecule has 1 amide bonds. The molecule has 0 bridgehead atoms. The quantitative estimate of drug-likeness (QED) is 0.621. The highest BCUT2D eigenvalue weighted by atomic mass is 32.2. The number of sulfone groups is 1. The largest absolute Gasteiger partial charge is 0.348 e. The summed E-state index contributed by atoms with van der Waals surface area (Å²) in [5.74, 6) is -1.04. The molecular formula is C11H11N3O7S. The first kappa shape index (κ1) is 15.8. The van der Waals surface area contributed by atoms with E-state index >= 15 is 0 Å². The number of hydrogen-bond acceptors (Lipinski definition) is 7. The van der Waals surface area contributed by atoms with Crippen molar-refractivity contribution < 1.29 is 23.1 Å². The zero-order chi connectivity index (χ0) is 16.5. The Bertz CT molecular complexity index is 727. The first-order chi connectivity index (χ1) is 10.2. The van der Waals surface area contributed by atoms with Crippen molar-refractivity contribution >= 4 is 27.1 Å². The number of carbonyl (C=O) groups is 1. The molecule has 11 heteroatoms. The van der Waals surface area contributed by atoms with Gasteiger partial charge in [0.15, 0.2) is 9.84 Å². The molecular weight excluding hydrogens is 318 g/mol. The van der Waals surface area contributed by atoms with Gasteiger partial charge >= 0.3 is 0 Å². The van der Waals surface area contributed by atoms with Crippen molar-refractivity contribution in [3.8, 4) is 0 Å². The van der Waals surface area contributed by atoms with E-state index < -0.39 is 43.0 Å². The Labute approximate surface area is 124 Å². The van der Waals surface area contributed by atoms with Gasteiger partial charge in [-0.15, -0.1) is 0 Å². The number of nitro benzene ring substituents is 2. The molecule has 1 aromatic rings. The Morgan fingerprint density at radius 3 is 2.09 bits per heavy atom. The molecule has 0 aliphatic carbocycles. The van der Waals surface area contributed by atoms with Crippen LogP contribution in [0.15, 0.2) is 18.2 Å². The first-order valence-corrected chi connectivity index (χ1v) is 7.95. The number of hydrogen-bond donors (Lipinski definition) is 1. The van der Waals surface area contributed by atoms with Gasteiger partial charge in [-0.3, -0.25) is 25.0 Å². The third-order valence-electron chi connectivity index (χ3n) is 3.15. The summed E-state index contributed by atoms with van der Waals surface area (Å²) in [6.07, 6.45) is 0.241. The lowest BCUT2D eigenvalue weighted by molar-refractivity contribution is -0.394. The maximum absolute atomic E-state index is 12.0. The van der Waals surface area contributed by atoms with Gasteiger partial charge in [-0.1, -0.05) is 0 Å². The third-order valence-corrected chi connectivity index (χ3v) is 4.92. The fourth-order valence-electron chi connectivity index (χ4n) is 2.11. The molecule has 1 atom stereocenters. The van der Waals surface area contributed by atoms with Crippen LogP contribution in [0, 0.1) is 20.2 Å². The van der Waals surface area contributed by atoms with Gasteiger partial charge in [-0.25, -0.2) is 8.42 Å². The zero-order valence-corrected chi connectivity index (χ0v) is 11.9. The lowest BCUT2D eigenvalue weighted by Crippen LogP contribution is -2.35. The van der Waals surface area contributed by atoms with Crippen LogP contribution in [0.25, 0.3) is 0 Å². The number of nitrogens with zero attached hydrogens (tertiary/aromatic N) is 2. The Balaban J connectivity index is 2.25. The number of amides is 1. The van der Waals surface area contributed by atoms with E-state index in [1.165, 1.54) is 0 Å². The topological polar surface area (TPSA) is 150 Å². The van der Waals surface area contributed by atoms with Gasteiger partial charge in [-0.2, -0.15) is 0 Å². The number of non-ortho nitro benzene ring substituents is 2. The predicted molar refractivity (Wildman–Crippen MR) is 74.3 cm³/mol. The predicted octanol–water partition coefficient (Wildman–Crippen LogP) is 0.420. The van der Waals surface area contributed by atoms with Crippen molar-refractivity contribution in [2.24, 2.45) is 0 Å². The molecule has 0 radical (unpaired) electrons. The normalized spacial score (nSPS) is 19.5. The summed E-state index contributed by atoms with van der Waals surface area (Å²) in [6, 6.07) is 1.96. The molecule has 22 heavy (non-hydrogen) atoms. The highest BCUT2D eigenvalue weighted by molar-refractivity contribution is 7.91. The first-order valence-electron chi connectivity index (χ1n) is 6.13. The van der Waals surface area contributed by atoms with Crippen molar-refractivity contribution in [3.63, 3.8) is 0 Å². The number of benzene rings is 1. The summed E-state index contributed by atoms with van der Waals surface area (Å²) >= 11 is 0. The molecule has 0 aromatic heterocycles. The lowest BCUT2D eigenvalue weighted by Gasteiger charge is -2.10. The molecule has 1 saturated heterocycles. The highest BCUT2D eigenvalue weighted by Crippen LogP contribution is 2.23. The van der Waals surface area contributed by atoms with Gasteiger partial charge in [0.1, 0.15) is 0 Å². The molecule has 2 rings (SSSR count). The molecule has 0 spiro atoms. The van der Waals surface area contributed by atoms with E-state index in [4.69, 9.17) is 0 Å². The Morgan fingerprint density at radius 1 is 1.14 bits per heavy atom. The summed E-state index contributed by atoms with van der Waals surface area (Å²) in [5, 5.41) is 23.9. The van der Waals surface area contributed by atoms with Crippen LogP contribution in [-0.4, -0.2) is 41.7 Å². The van der Waals surface area contributed by atoms with Gasteiger partial charge in [-0.05, 0) is 6.42 Å². The van der Waals surface area contributed by atoms with Gasteiger partial charge in [0.05, 0.1) is 33.0 Å². The van der Waals surface area contributed by atoms with E-state index in [0.29, 0.717) is 0 Å². The summed E-state index contributed by atoms with van der Waals surface area (Å²) in [5.41, 5.74) is -1.43. The molecule has 118 valence electrons. The molecule has 1 N–H and O–H groups in total. The third kappa shape index (κ3) is 3.55. The number of carbonyl (C=O) groups excluding carboxylic acids is 1. The maximum atomic E-state index is 12.0. The van der Waals surface area contributed by atoms with E-state index in [1.807, 2.05) is 0 Å². The second kappa shape index (κ2) is 5.67. The minimum atomic E-state index is -3.20. The van der Waals surface area contributed by atoms with Crippen LogP contribution in [0.2, 0.25) is 0 Å². The Morgan fingerprint density at radius 2 is 1.68 bits per heavy atom. The molecule has 1 aromatic carbocycles. The SMILES string of the molecule is O=C(N[C@H]1CCS(=O)(=O)C1)c1cc([N+](=O)[O-])cc([N+](=O)[O-])c1. The van der Waals surface area contributed by atoms with Gasteiger partial charge in [0.25, 0.3) is 17.3 Å². The van der Waals surface area contributed by atoms with Crippen molar-refractivity contribution in [1.29, 1.82) is 0 Å². The zero-order valence-electron chi connectivity index (χ0n) is 11.1. The Hall–Kier alpha value is -2.56. The van der Waals surface area contributed by atoms with Gasteiger partial charge in [0.2, 0.25) is 0 Å². The van der Waals surface area contributed by atoms with E-state index in [0.717, 1.165) is 18.2 Å². The molecule has 1 aliphatic heterocycles. The van der Waals surface area contributed by atoms with E-state index in [2.05, 4.69) is 5.32 Å². The molecule has 10 nitrogen and oxygen atoms in total. The van der Waals surface area contributed by atoms with Crippen LogP contribution < -0.4 is 5.32 Å². The second-order valence-corrected chi connectivity index (χ2v) is 7.05. The average Bonchev–Trinajstić information content (AvgIpc) is 2.77. The van der Waals surface area contributed by atoms with E-state index in [-0.39, 0.29) is 23.5 Å². The summed E-state index contributed by atoms with van der Waals surface area (Å²) in [4.78, 5) is 31.8. The number of rotatable bonds is 4. The summed E-state index contributed by atoms with van der Waals surface area (Å²) in [7, 11) is -3.20. The van der Waals surface area contributed by atoms with Gasteiger partial charge < -0.3 is 5.32 Å². The van der Waals surface area contributed by atoms with Crippen molar-refractivity contribution in [1.82, 2.24) is 5.32 Å². The lowest BCUT2D eigenvalue weighted by atomic mass is 10.1. The smallest absolute Gasteiger partial charge is 0.277 e. The minimum Gasteiger partial charge on any atom is -0.348 e. The van der Waals surface area contributed by atoms with Crippen molar-refractivity contribution in [3.05, 3.63) is 44.0 Å². The second-order valence-electron chi connectivity index (χ2n) is 4.83. The maximum Gasteiger partial charge on any atom is 0.277 e. The van der Waals surface area contributed by atoms with Crippen molar-refractivity contribution in [2.75, 3.05) is 11.5 Å². The standard InChI is InChI=1S/C11H11N3O7S/c15-11(12-8-1-2-22(20,21)6-8)7-3-9(13(16)17)5-10(4-7)14(18)19/h3-5,8H,1-2,6H2,(H,12,15)/t8-/m0/s1. The molecule has 1 heterocycles. The van der Waals surface area contributed by atoms with E-state index in [9.17, 15) is 33.4 Å². The highest BCUT2D eigenvalue weighted by Gasteiger charge is 2.30. The van der Waals surface area contributed by atoms with E-state index in [1.54, 1.807) is 0 Å². The molecule has 1 aliphatic rings. The fourth-order valence-corrected chi connectivity index (χ4v) is 3.79.